The summed E-state index contributed by atoms with van der Waals surface area (Å²) < 4.78 is 15.2. The number of para-hydroxylation sites is 1. The lowest BCUT2D eigenvalue weighted by atomic mass is 10.3. The molecule has 4 nitrogen and oxygen atoms in total. The van der Waals surface area contributed by atoms with E-state index in [2.05, 4.69) is 15.3 Å². The van der Waals surface area contributed by atoms with Crippen molar-refractivity contribution in [2.24, 2.45) is 0 Å². The van der Waals surface area contributed by atoms with Crippen molar-refractivity contribution in [2.45, 2.75) is 6.54 Å². The molecule has 2 heterocycles. The second-order valence-corrected chi connectivity index (χ2v) is 3.89. The summed E-state index contributed by atoms with van der Waals surface area (Å²) in [5.41, 5.74) is 1.29. The number of imidazole rings is 1. The van der Waals surface area contributed by atoms with Gasteiger partial charge in [0.1, 0.15) is 5.82 Å². The van der Waals surface area contributed by atoms with Crippen LogP contribution in [0, 0.1) is 5.82 Å². The second-order valence-electron chi connectivity index (χ2n) is 3.89. The van der Waals surface area contributed by atoms with Crippen LogP contribution in [0.3, 0.4) is 0 Å². The van der Waals surface area contributed by atoms with E-state index in [0.29, 0.717) is 18.0 Å². The van der Waals surface area contributed by atoms with Gasteiger partial charge in [-0.05, 0) is 18.2 Å². The fourth-order valence-electron chi connectivity index (χ4n) is 1.76. The van der Waals surface area contributed by atoms with Gasteiger partial charge in [-0.3, -0.25) is 4.40 Å². The Morgan fingerprint density at radius 2 is 2.11 bits per heavy atom. The van der Waals surface area contributed by atoms with Crippen molar-refractivity contribution in [2.75, 3.05) is 5.32 Å². The topological polar surface area (TPSA) is 42.2 Å². The van der Waals surface area contributed by atoms with Gasteiger partial charge in [-0.2, -0.15) is 0 Å². The van der Waals surface area contributed by atoms with Gasteiger partial charge in [0, 0.05) is 18.6 Å². The zero-order valence-corrected chi connectivity index (χ0v) is 9.55. The summed E-state index contributed by atoms with van der Waals surface area (Å²) in [6.45, 7) is 0.463. The Morgan fingerprint density at radius 1 is 1.22 bits per heavy atom. The van der Waals surface area contributed by atoms with Crippen LogP contribution in [0.4, 0.5) is 10.1 Å². The monoisotopic (exact) mass is 242 g/mol. The van der Waals surface area contributed by atoms with Gasteiger partial charge in [-0.1, -0.05) is 12.1 Å². The zero-order chi connectivity index (χ0) is 12.4. The van der Waals surface area contributed by atoms with Crippen LogP contribution in [0.15, 0.2) is 48.9 Å². The van der Waals surface area contributed by atoms with Crippen LogP contribution in [-0.4, -0.2) is 14.4 Å². The van der Waals surface area contributed by atoms with Gasteiger partial charge in [0.05, 0.1) is 17.9 Å². The minimum absolute atomic E-state index is 0.264. The molecule has 0 amide bonds. The Labute approximate surface area is 103 Å². The van der Waals surface area contributed by atoms with Gasteiger partial charge in [-0.15, -0.1) is 0 Å². The molecule has 90 valence electrons. The molecule has 3 rings (SSSR count). The Balaban J connectivity index is 1.79. The Kier molecular flexibility index (Phi) is 2.64. The number of halogens is 1. The van der Waals surface area contributed by atoms with Gasteiger partial charge in [0.25, 0.3) is 0 Å². The largest absolute Gasteiger partial charge is 0.377 e. The average Bonchev–Trinajstić information content (AvgIpc) is 2.80. The molecule has 1 aromatic carbocycles. The number of benzene rings is 1. The number of nitrogens with one attached hydrogen (secondary N) is 1. The Bertz CT molecular complexity index is 644. The van der Waals surface area contributed by atoms with Crippen LogP contribution in [0.5, 0.6) is 0 Å². The number of nitrogens with zero attached hydrogens (tertiary/aromatic N) is 3. The maximum absolute atomic E-state index is 13.4. The van der Waals surface area contributed by atoms with Crippen molar-refractivity contribution in [3.8, 4) is 0 Å². The fraction of sp³-hybridized carbons (Fsp3) is 0.0769. The van der Waals surface area contributed by atoms with E-state index < -0.39 is 0 Å². The number of aromatic nitrogens is 3. The summed E-state index contributed by atoms with van der Waals surface area (Å²) in [5, 5.41) is 3.01. The van der Waals surface area contributed by atoms with Crippen LogP contribution >= 0.6 is 0 Å². The maximum atomic E-state index is 13.4. The van der Waals surface area contributed by atoms with Gasteiger partial charge >= 0.3 is 0 Å². The number of rotatable bonds is 3. The summed E-state index contributed by atoms with van der Waals surface area (Å²) >= 11 is 0. The van der Waals surface area contributed by atoms with E-state index in [1.165, 1.54) is 6.07 Å². The molecule has 0 bridgehead atoms. The summed E-state index contributed by atoms with van der Waals surface area (Å²) in [4.78, 5) is 8.45. The smallest absolute Gasteiger partial charge is 0.233 e. The molecule has 0 fully saturated rings. The van der Waals surface area contributed by atoms with Crippen molar-refractivity contribution >= 4 is 11.5 Å². The zero-order valence-electron chi connectivity index (χ0n) is 9.55. The number of hydrogen-bond donors (Lipinski definition) is 1. The molecule has 0 atom stereocenters. The fourth-order valence-corrected chi connectivity index (χ4v) is 1.76. The Hall–Kier alpha value is -2.43. The van der Waals surface area contributed by atoms with E-state index in [1.54, 1.807) is 24.4 Å². The van der Waals surface area contributed by atoms with E-state index in [-0.39, 0.29) is 5.82 Å². The number of anilines is 1. The van der Waals surface area contributed by atoms with Crippen LogP contribution < -0.4 is 5.32 Å². The Morgan fingerprint density at radius 3 is 2.94 bits per heavy atom. The molecule has 0 unspecified atom stereocenters. The molecular weight excluding hydrogens is 231 g/mol. The predicted octanol–water partition coefficient (Wildman–Crippen LogP) is 2.48. The first-order valence-electron chi connectivity index (χ1n) is 5.60. The quantitative estimate of drug-likeness (QED) is 0.767. The van der Waals surface area contributed by atoms with Crippen LogP contribution in [0.1, 0.15) is 5.69 Å². The van der Waals surface area contributed by atoms with Crippen LogP contribution in [0.2, 0.25) is 0 Å². The van der Waals surface area contributed by atoms with Gasteiger partial charge in [-0.25, -0.2) is 14.4 Å². The molecule has 0 spiro atoms. The SMILES string of the molecule is Fc1ccccc1NCc1cn2cccnc2n1. The summed E-state index contributed by atoms with van der Waals surface area (Å²) in [6.07, 6.45) is 5.44. The highest BCUT2D eigenvalue weighted by Crippen LogP contribution is 2.13. The van der Waals surface area contributed by atoms with Crippen molar-refractivity contribution < 1.29 is 4.39 Å². The lowest BCUT2D eigenvalue weighted by molar-refractivity contribution is 0.630. The van der Waals surface area contributed by atoms with Gasteiger partial charge < -0.3 is 5.32 Å². The molecule has 0 aliphatic rings. The predicted molar refractivity (Wildman–Crippen MR) is 66.7 cm³/mol. The summed E-state index contributed by atoms with van der Waals surface area (Å²) in [6, 6.07) is 8.41. The molecule has 1 N–H and O–H groups in total. The van der Waals surface area contributed by atoms with Gasteiger partial charge in [0.2, 0.25) is 5.78 Å². The van der Waals surface area contributed by atoms with Crippen molar-refractivity contribution in [1.82, 2.24) is 14.4 Å². The van der Waals surface area contributed by atoms with Crippen LogP contribution in [0.25, 0.3) is 5.78 Å². The van der Waals surface area contributed by atoms with E-state index in [1.807, 2.05) is 22.9 Å². The van der Waals surface area contributed by atoms with E-state index >= 15 is 0 Å². The third kappa shape index (κ3) is 2.02. The first kappa shape index (κ1) is 10.7. The third-order valence-electron chi connectivity index (χ3n) is 2.62. The first-order chi connectivity index (χ1) is 8.83. The minimum atomic E-state index is -0.264. The molecule has 5 heteroatoms. The normalized spacial score (nSPS) is 10.7. The average molecular weight is 242 g/mol. The molecule has 3 aromatic rings. The summed E-state index contributed by atoms with van der Waals surface area (Å²) in [5.74, 6) is 0.377. The molecule has 0 saturated carbocycles. The molecule has 2 aromatic heterocycles. The number of hydrogen-bond acceptors (Lipinski definition) is 3. The highest BCUT2D eigenvalue weighted by molar-refractivity contribution is 5.44. The first-order valence-corrected chi connectivity index (χ1v) is 5.60. The van der Waals surface area contributed by atoms with Crippen molar-refractivity contribution in [1.29, 1.82) is 0 Å². The highest BCUT2D eigenvalue weighted by atomic mass is 19.1. The van der Waals surface area contributed by atoms with Crippen molar-refractivity contribution in [3.63, 3.8) is 0 Å². The van der Waals surface area contributed by atoms with E-state index in [4.69, 9.17) is 0 Å². The van der Waals surface area contributed by atoms with Crippen LogP contribution in [-0.2, 0) is 6.54 Å². The lowest BCUT2D eigenvalue weighted by Crippen LogP contribution is -2.01. The second kappa shape index (κ2) is 4.44. The molecule has 0 saturated heterocycles. The highest BCUT2D eigenvalue weighted by Gasteiger charge is 2.03. The lowest BCUT2D eigenvalue weighted by Gasteiger charge is -2.04. The third-order valence-corrected chi connectivity index (χ3v) is 2.62. The summed E-state index contributed by atoms with van der Waals surface area (Å²) in [7, 11) is 0. The van der Waals surface area contributed by atoms with Gasteiger partial charge in [0.15, 0.2) is 0 Å². The van der Waals surface area contributed by atoms with E-state index in [0.717, 1.165) is 5.69 Å². The molecular formula is C13H11FN4. The molecule has 0 radical (unpaired) electrons. The van der Waals surface area contributed by atoms with Crippen molar-refractivity contribution in [3.05, 3.63) is 60.4 Å². The molecule has 18 heavy (non-hydrogen) atoms. The maximum Gasteiger partial charge on any atom is 0.233 e. The molecule has 0 aliphatic heterocycles. The van der Waals surface area contributed by atoms with E-state index in [9.17, 15) is 4.39 Å². The minimum Gasteiger partial charge on any atom is -0.377 e. The molecule has 0 aliphatic carbocycles. The standard InChI is InChI=1S/C13H11FN4/c14-11-4-1-2-5-12(11)16-8-10-9-18-7-3-6-15-13(18)17-10/h1-7,9,16H,8H2. The number of fused-ring (bicyclic) bond motifs is 1.